The second-order valence-corrected chi connectivity index (χ2v) is 3.97. The molecular weight excluding hydrogens is 292 g/mol. The highest BCUT2D eigenvalue weighted by Crippen LogP contribution is 2.39. The van der Waals surface area contributed by atoms with Gasteiger partial charge in [-0.3, -0.25) is 10.1 Å². The number of cyclic esters (lactones) is 1. The molecule has 20 heavy (non-hydrogen) atoms. The van der Waals surface area contributed by atoms with E-state index in [4.69, 9.17) is 9.47 Å². The van der Waals surface area contributed by atoms with Crippen LogP contribution < -0.4 is 10.1 Å². The van der Waals surface area contributed by atoms with E-state index in [2.05, 4.69) is 5.32 Å². The van der Waals surface area contributed by atoms with Gasteiger partial charge in [-0.2, -0.15) is 0 Å². The molecule has 1 amide bonds. The number of halogens is 1. The van der Waals surface area contributed by atoms with Crippen molar-refractivity contribution in [2.45, 2.75) is 12.5 Å². The summed E-state index contributed by atoms with van der Waals surface area (Å²) in [6, 6.07) is 2.27. The van der Waals surface area contributed by atoms with Crippen molar-refractivity contribution < 1.29 is 24.3 Å². The van der Waals surface area contributed by atoms with E-state index in [0.29, 0.717) is 12.0 Å². The average Bonchev–Trinajstić information content (AvgIpc) is 2.38. The highest BCUT2D eigenvalue weighted by molar-refractivity contribution is 5.85. The SMILES string of the molecule is COc1cc([C@@H]2CCOC(=O)N2)cc([N+](=O)[O-])c1O.Cl. The molecule has 0 spiro atoms. The lowest BCUT2D eigenvalue weighted by molar-refractivity contribution is -0.386. The first-order valence-electron chi connectivity index (χ1n) is 5.51. The molecule has 0 unspecified atom stereocenters. The van der Waals surface area contributed by atoms with E-state index in [1.807, 2.05) is 0 Å². The zero-order valence-electron chi connectivity index (χ0n) is 10.5. The van der Waals surface area contributed by atoms with Crippen molar-refractivity contribution in [3.63, 3.8) is 0 Å². The van der Waals surface area contributed by atoms with Crippen LogP contribution in [0.4, 0.5) is 10.5 Å². The molecule has 1 heterocycles. The van der Waals surface area contributed by atoms with Gasteiger partial charge in [0.15, 0.2) is 5.75 Å². The summed E-state index contributed by atoms with van der Waals surface area (Å²) >= 11 is 0. The van der Waals surface area contributed by atoms with E-state index in [1.165, 1.54) is 19.2 Å². The van der Waals surface area contributed by atoms with Crippen LogP contribution in [0.2, 0.25) is 0 Å². The Morgan fingerprint density at radius 2 is 2.25 bits per heavy atom. The predicted octanol–water partition coefficient (Wildman–Crippen LogP) is 1.90. The molecule has 1 atom stereocenters. The van der Waals surface area contributed by atoms with Gasteiger partial charge >= 0.3 is 11.8 Å². The van der Waals surface area contributed by atoms with Crippen molar-refractivity contribution >= 4 is 24.2 Å². The summed E-state index contributed by atoms with van der Waals surface area (Å²) < 4.78 is 9.62. The van der Waals surface area contributed by atoms with E-state index in [9.17, 15) is 20.0 Å². The summed E-state index contributed by atoms with van der Waals surface area (Å²) in [5, 5.41) is 23.1. The van der Waals surface area contributed by atoms with Gasteiger partial charge in [0.05, 0.1) is 24.7 Å². The van der Waals surface area contributed by atoms with Crippen LogP contribution in [-0.2, 0) is 4.74 Å². The fraction of sp³-hybridized carbons (Fsp3) is 0.364. The van der Waals surface area contributed by atoms with Crippen LogP contribution in [0.1, 0.15) is 18.0 Å². The van der Waals surface area contributed by atoms with Crippen molar-refractivity contribution in [3.8, 4) is 11.5 Å². The maximum absolute atomic E-state index is 11.1. The summed E-state index contributed by atoms with van der Waals surface area (Å²) in [7, 11) is 1.30. The number of carbonyl (C=O) groups is 1. The first-order chi connectivity index (χ1) is 9.02. The molecule has 110 valence electrons. The fourth-order valence-corrected chi connectivity index (χ4v) is 1.89. The largest absolute Gasteiger partial charge is 0.500 e. The first kappa shape index (κ1) is 15.8. The normalized spacial score (nSPS) is 17.4. The van der Waals surface area contributed by atoms with E-state index in [0.717, 1.165) is 0 Å². The standard InChI is InChI=1S/C11H12N2O6.ClH/c1-18-9-5-6(4-8(10(9)14)13(16)17)7-2-3-19-11(15)12-7;/h4-5,7,14H,2-3H2,1H3,(H,12,15);1H/t7-;/m0./s1. The number of ether oxygens (including phenoxy) is 2. The van der Waals surface area contributed by atoms with Gasteiger partial charge in [0, 0.05) is 12.5 Å². The molecular formula is C11H13ClN2O6. The van der Waals surface area contributed by atoms with Crippen LogP contribution in [0.15, 0.2) is 12.1 Å². The van der Waals surface area contributed by atoms with Gasteiger partial charge in [-0.1, -0.05) is 0 Å². The molecule has 0 radical (unpaired) electrons. The summed E-state index contributed by atoms with van der Waals surface area (Å²) in [5.41, 5.74) is 0.0214. The lowest BCUT2D eigenvalue weighted by Gasteiger charge is -2.24. The lowest BCUT2D eigenvalue weighted by atomic mass is 10.0. The minimum atomic E-state index is -0.706. The highest BCUT2D eigenvalue weighted by atomic mass is 35.5. The third-order valence-corrected chi connectivity index (χ3v) is 2.83. The molecule has 1 aliphatic heterocycles. The quantitative estimate of drug-likeness (QED) is 0.651. The first-order valence-corrected chi connectivity index (χ1v) is 5.51. The van der Waals surface area contributed by atoms with E-state index in [-0.39, 0.29) is 24.8 Å². The molecule has 1 aromatic rings. The molecule has 1 saturated heterocycles. The number of nitrogens with one attached hydrogen (secondary N) is 1. The number of benzene rings is 1. The number of phenolic OH excluding ortho intramolecular Hbond substituents is 1. The van der Waals surface area contributed by atoms with E-state index >= 15 is 0 Å². The van der Waals surface area contributed by atoms with Gasteiger partial charge in [0.25, 0.3) is 0 Å². The Morgan fingerprint density at radius 1 is 1.55 bits per heavy atom. The molecule has 0 bridgehead atoms. The van der Waals surface area contributed by atoms with Gasteiger partial charge in [-0.05, 0) is 11.6 Å². The number of hydrogen-bond acceptors (Lipinski definition) is 6. The summed E-state index contributed by atoms with van der Waals surface area (Å²) in [4.78, 5) is 21.3. The minimum absolute atomic E-state index is 0. The van der Waals surface area contributed by atoms with E-state index < -0.39 is 28.5 Å². The van der Waals surface area contributed by atoms with E-state index in [1.54, 1.807) is 0 Å². The lowest BCUT2D eigenvalue weighted by Crippen LogP contribution is -2.35. The number of phenols is 1. The monoisotopic (exact) mass is 304 g/mol. The van der Waals surface area contributed by atoms with Crippen LogP contribution in [-0.4, -0.2) is 29.8 Å². The van der Waals surface area contributed by atoms with Crippen LogP contribution in [0.3, 0.4) is 0 Å². The minimum Gasteiger partial charge on any atom is -0.500 e. The molecule has 2 N–H and O–H groups in total. The number of carbonyl (C=O) groups excluding carboxylic acids is 1. The zero-order valence-corrected chi connectivity index (χ0v) is 11.3. The Bertz CT molecular complexity index is 536. The molecule has 2 rings (SSSR count). The van der Waals surface area contributed by atoms with Crippen molar-refractivity contribution in [1.29, 1.82) is 0 Å². The van der Waals surface area contributed by atoms with Gasteiger partial charge in [-0.25, -0.2) is 4.79 Å². The topological polar surface area (TPSA) is 111 Å². The molecule has 8 nitrogen and oxygen atoms in total. The third-order valence-electron chi connectivity index (χ3n) is 2.83. The molecule has 9 heteroatoms. The Kier molecular flexibility index (Phi) is 4.98. The van der Waals surface area contributed by atoms with Crippen molar-refractivity contribution in [2.75, 3.05) is 13.7 Å². The highest BCUT2D eigenvalue weighted by Gasteiger charge is 2.26. The maximum atomic E-state index is 11.1. The molecule has 0 aliphatic carbocycles. The number of alkyl carbamates (subject to hydrolysis) is 1. The number of rotatable bonds is 3. The summed E-state index contributed by atoms with van der Waals surface area (Å²) in [6.07, 6.45) is -0.0949. The van der Waals surface area contributed by atoms with Gasteiger partial charge in [0.1, 0.15) is 0 Å². The average molecular weight is 305 g/mol. The third kappa shape index (κ3) is 3.02. The van der Waals surface area contributed by atoms with Crippen molar-refractivity contribution in [1.82, 2.24) is 5.32 Å². The number of amides is 1. The van der Waals surface area contributed by atoms with Gasteiger partial charge in [-0.15, -0.1) is 12.4 Å². The molecule has 0 aromatic heterocycles. The molecule has 0 saturated carbocycles. The number of hydrogen-bond donors (Lipinski definition) is 2. The molecule has 1 fully saturated rings. The van der Waals surface area contributed by atoms with Crippen LogP contribution >= 0.6 is 12.4 Å². The smallest absolute Gasteiger partial charge is 0.407 e. The Labute approximate surface area is 120 Å². The Balaban J connectivity index is 0.00000200. The zero-order chi connectivity index (χ0) is 14.0. The second kappa shape index (κ2) is 6.29. The number of nitro benzene ring substituents is 1. The maximum Gasteiger partial charge on any atom is 0.407 e. The van der Waals surface area contributed by atoms with Crippen molar-refractivity contribution in [2.24, 2.45) is 0 Å². The predicted molar refractivity (Wildman–Crippen MR) is 70.4 cm³/mol. The fourth-order valence-electron chi connectivity index (χ4n) is 1.89. The number of methoxy groups -OCH3 is 1. The number of aromatic hydroxyl groups is 1. The van der Waals surface area contributed by atoms with Crippen LogP contribution in [0.5, 0.6) is 11.5 Å². The van der Waals surface area contributed by atoms with Crippen LogP contribution in [0, 0.1) is 10.1 Å². The van der Waals surface area contributed by atoms with Crippen molar-refractivity contribution in [3.05, 3.63) is 27.8 Å². The van der Waals surface area contributed by atoms with Crippen LogP contribution in [0.25, 0.3) is 0 Å². The second-order valence-electron chi connectivity index (χ2n) is 3.97. The molecule has 1 aromatic carbocycles. The van der Waals surface area contributed by atoms with Gasteiger partial charge in [0.2, 0.25) is 5.75 Å². The number of nitrogens with zero attached hydrogens (tertiary/aromatic N) is 1. The number of nitro groups is 1. The Morgan fingerprint density at radius 3 is 2.80 bits per heavy atom. The Hall–Kier alpha value is -2.22. The van der Waals surface area contributed by atoms with Gasteiger partial charge < -0.3 is 19.9 Å². The summed E-state index contributed by atoms with van der Waals surface area (Å²) in [5.74, 6) is -0.542. The molecule has 1 aliphatic rings. The summed E-state index contributed by atoms with van der Waals surface area (Å²) in [6.45, 7) is 0.230.